The average molecular weight is 198 g/mol. The molecule has 1 aromatic rings. The lowest BCUT2D eigenvalue weighted by molar-refractivity contribution is 0.183. The van der Waals surface area contributed by atoms with Crippen molar-refractivity contribution in [2.24, 2.45) is 0 Å². The van der Waals surface area contributed by atoms with Gasteiger partial charge in [0.2, 0.25) is 0 Å². The Bertz CT molecular complexity index is 308. The van der Waals surface area contributed by atoms with Crippen molar-refractivity contribution in [3.05, 3.63) is 11.5 Å². The molecule has 5 heteroatoms. The molecule has 14 heavy (non-hydrogen) atoms. The number of aryl methyl sites for hydroxylation is 1. The van der Waals surface area contributed by atoms with E-state index in [2.05, 4.69) is 4.98 Å². The highest BCUT2D eigenvalue weighted by atomic mass is 16.5. The number of nitrogens with two attached hydrogens (primary N) is 2. The van der Waals surface area contributed by atoms with Crippen molar-refractivity contribution in [1.82, 2.24) is 9.66 Å². The molecular weight excluding hydrogens is 180 g/mol. The van der Waals surface area contributed by atoms with Gasteiger partial charge in [-0.05, 0) is 0 Å². The quantitative estimate of drug-likeness (QED) is 0.690. The van der Waals surface area contributed by atoms with Gasteiger partial charge in [-0.2, -0.15) is 0 Å². The first-order chi connectivity index (χ1) is 6.61. The van der Waals surface area contributed by atoms with Crippen LogP contribution in [0, 0.1) is 0 Å². The van der Waals surface area contributed by atoms with Crippen molar-refractivity contribution in [3.8, 4) is 0 Å². The van der Waals surface area contributed by atoms with Gasteiger partial charge in [-0.15, -0.1) is 0 Å². The lowest BCUT2D eigenvalue weighted by Crippen LogP contribution is -2.15. The van der Waals surface area contributed by atoms with Gasteiger partial charge in [0, 0.05) is 19.4 Å². The summed E-state index contributed by atoms with van der Waals surface area (Å²) in [7, 11) is 1.66. The Balaban J connectivity index is 2.97. The zero-order chi connectivity index (χ0) is 10.7. The third-order valence-corrected chi connectivity index (χ3v) is 2.25. The van der Waals surface area contributed by atoms with Crippen LogP contribution >= 0.6 is 0 Å². The molecule has 0 bridgehead atoms. The summed E-state index contributed by atoms with van der Waals surface area (Å²) in [5.74, 6) is 7.25. The summed E-state index contributed by atoms with van der Waals surface area (Å²) in [6, 6.07) is 0. The normalized spacial score (nSPS) is 13.1. The molecule has 1 atom stereocenters. The van der Waals surface area contributed by atoms with Crippen LogP contribution in [0.5, 0.6) is 0 Å². The fourth-order valence-corrected chi connectivity index (χ4v) is 1.45. The van der Waals surface area contributed by atoms with E-state index in [4.69, 9.17) is 16.3 Å². The number of hydrogen-bond acceptors (Lipinski definition) is 4. The number of hydrogen-bond donors (Lipinski definition) is 2. The van der Waals surface area contributed by atoms with Crippen LogP contribution in [-0.2, 0) is 11.2 Å². The molecule has 5 nitrogen and oxygen atoms in total. The first-order valence-corrected chi connectivity index (χ1v) is 4.72. The van der Waals surface area contributed by atoms with E-state index in [0.717, 1.165) is 17.9 Å². The zero-order valence-corrected chi connectivity index (χ0v) is 8.95. The van der Waals surface area contributed by atoms with Gasteiger partial charge in [0.05, 0.1) is 12.3 Å². The van der Waals surface area contributed by atoms with Crippen molar-refractivity contribution >= 4 is 5.82 Å². The average Bonchev–Trinajstić information content (AvgIpc) is 2.44. The van der Waals surface area contributed by atoms with E-state index in [1.807, 2.05) is 13.8 Å². The zero-order valence-electron chi connectivity index (χ0n) is 8.95. The Labute approximate surface area is 84.0 Å². The number of imidazole rings is 1. The van der Waals surface area contributed by atoms with E-state index in [0.29, 0.717) is 12.4 Å². The monoisotopic (exact) mass is 198 g/mol. The van der Waals surface area contributed by atoms with Crippen LogP contribution in [-0.4, -0.2) is 23.4 Å². The molecule has 0 saturated heterocycles. The van der Waals surface area contributed by atoms with Crippen molar-refractivity contribution in [2.75, 3.05) is 25.3 Å². The largest absolute Gasteiger partial charge is 0.384 e. The Morgan fingerprint density at radius 2 is 2.21 bits per heavy atom. The van der Waals surface area contributed by atoms with Crippen LogP contribution in [0.3, 0.4) is 0 Å². The minimum absolute atomic E-state index is 0.176. The van der Waals surface area contributed by atoms with Gasteiger partial charge >= 0.3 is 0 Å². The number of anilines is 1. The summed E-state index contributed by atoms with van der Waals surface area (Å²) < 4.78 is 6.50. The standard InChI is InChI=1S/C9H18N4O/c1-4-7-12-8(6(2)5-14-3)9(10)13(7)11/h6H,4-5,10-11H2,1-3H3. The smallest absolute Gasteiger partial charge is 0.146 e. The van der Waals surface area contributed by atoms with E-state index >= 15 is 0 Å². The lowest BCUT2D eigenvalue weighted by Gasteiger charge is -2.07. The molecule has 1 aromatic heterocycles. The fourth-order valence-electron chi connectivity index (χ4n) is 1.45. The van der Waals surface area contributed by atoms with Crippen LogP contribution in [0.2, 0.25) is 0 Å². The van der Waals surface area contributed by atoms with Crippen molar-refractivity contribution < 1.29 is 4.74 Å². The van der Waals surface area contributed by atoms with E-state index in [1.54, 1.807) is 7.11 Å². The molecule has 0 amide bonds. The molecule has 1 rings (SSSR count). The number of ether oxygens (including phenoxy) is 1. The van der Waals surface area contributed by atoms with Crippen LogP contribution in [0.1, 0.15) is 31.3 Å². The summed E-state index contributed by atoms with van der Waals surface area (Å²) in [5.41, 5.74) is 6.66. The predicted octanol–water partition coefficient (Wildman–Crippen LogP) is 0.491. The van der Waals surface area contributed by atoms with Crippen molar-refractivity contribution in [2.45, 2.75) is 26.2 Å². The Kier molecular flexibility index (Phi) is 3.35. The third-order valence-electron chi connectivity index (χ3n) is 2.25. The molecule has 0 aliphatic carbocycles. The molecule has 1 heterocycles. The highest BCUT2D eigenvalue weighted by Gasteiger charge is 2.17. The number of aromatic nitrogens is 2. The van der Waals surface area contributed by atoms with Crippen LogP contribution in [0.4, 0.5) is 5.82 Å². The summed E-state index contributed by atoms with van der Waals surface area (Å²) in [6.45, 7) is 4.61. The van der Waals surface area contributed by atoms with Gasteiger partial charge in [-0.25, -0.2) is 9.66 Å². The Morgan fingerprint density at radius 3 is 2.64 bits per heavy atom. The summed E-state index contributed by atoms with van der Waals surface area (Å²) in [4.78, 5) is 4.38. The molecular formula is C9H18N4O. The number of nitrogen functional groups attached to an aromatic ring is 2. The van der Waals surface area contributed by atoms with Crippen molar-refractivity contribution in [1.29, 1.82) is 0 Å². The van der Waals surface area contributed by atoms with Crippen molar-refractivity contribution in [3.63, 3.8) is 0 Å². The summed E-state index contributed by atoms with van der Waals surface area (Å²) >= 11 is 0. The van der Waals surface area contributed by atoms with E-state index in [1.165, 1.54) is 4.68 Å². The molecule has 0 radical (unpaired) electrons. The number of nitrogens with zero attached hydrogens (tertiary/aromatic N) is 2. The molecule has 80 valence electrons. The van der Waals surface area contributed by atoms with Crippen LogP contribution in [0.25, 0.3) is 0 Å². The number of methoxy groups -OCH3 is 1. The third kappa shape index (κ3) is 1.82. The minimum Gasteiger partial charge on any atom is -0.384 e. The second-order valence-electron chi connectivity index (χ2n) is 3.38. The maximum Gasteiger partial charge on any atom is 0.146 e. The maximum absolute atomic E-state index is 5.83. The second-order valence-corrected chi connectivity index (χ2v) is 3.38. The van der Waals surface area contributed by atoms with E-state index < -0.39 is 0 Å². The maximum atomic E-state index is 5.83. The summed E-state index contributed by atoms with van der Waals surface area (Å²) in [5, 5.41) is 0. The Morgan fingerprint density at radius 1 is 1.57 bits per heavy atom. The van der Waals surface area contributed by atoms with Gasteiger partial charge in [-0.1, -0.05) is 13.8 Å². The lowest BCUT2D eigenvalue weighted by atomic mass is 10.1. The summed E-state index contributed by atoms with van der Waals surface area (Å²) in [6.07, 6.45) is 0.778. The van der Waals surface area contributed by atoms with E-state index in [-0.39, 0.29) is 5.92 Å². The Hall–Kier alpha value is -1.23. The first-order valence-electron chi connectivity index (χ1n) is 4.72. The first kappa shape index (κ1) is 10.8. The predicted molar refractivity (Wildman–Crippen MR) is 56.5 cm³/mol. The van der Waals surface area contributed by atoms with Gasteiger partial charge in [0.1, 0.15) is 11.6 Å². The van der Waals surface area contributed by atoms with Crippen LogP contribution in [0.15, 0.2) is 0 Å². The van der Waals surface area contributed by atoms with Crippen LogP contribution < -0.4 is 11.6 Å². The van der Waals surface area contributed by atoms with E-state index in [9.17, 15) is 0 Å². The SMILES string of the molecule is CCc1nc(C(C)COC)c(N)n1N. The highest BCUT2D eigenvalue weighted by molar-refractivity contribution is 5.40. The minimum atomic E-state index is 0.176. The molecule has 0 spiro atoms. The highest BCUT2D eigenvalue weighted by Crippen LogP contribution is 2.21. The van der Waals surface area contributed by atoms with Gasteiger partial charge in [0.25, 0.3) is 0 Å². The number of rotatable bonds is 4. The molecule has 0 saturated carbocycles. The molecule has 0 aliphatic rings. The van der Waals surface area contributed by atoms with Gasteiger partial charge in [-0.3, -0.25) is 0 Å². The topological polar surface area (TPSA) is 79.1 Å². The van der Waals surface area contributed by atoms with Gasteiger partial charge < -0.3 is 16.3 Å². The molecule has 4 N–H and O–H groups in total. The molecule has 1 unspecified atom stereocenters. The molecule has 0 aliphatic heterocycles. The molecule has 0 fully saturated rings. The fraction of sp³-hybridized carbons (Fsp3) is 0.667. The van der Waals surface area contributed by atoms with Gasteiger partial charge in [0.15, 0.2) is 0 Å². The second kappa shape index (κ2) is 4.32. The molecule has 0 aromatic carbocycles.